The number of sulfone groups is 1. The molecule has 1 heterocycles. The van der Waals surface area contributed by atoms with E-state index < -0.39 is 15.4 Å². The molecule has 0 fully saturated rings. The van der Waals surface area contributed by atoms with Crippen molar-refractivity contribution in [3.05, 3.63) is 77.1 Å². The lowest BCUT2D eigenvalue weighted by atomic mass is 10.1. The average molecular weight is 441 g/mol. The van der Waals surface area contributed by atoms with Crippen LogP contribution in [-0.2, 0) is 32.3 Å². The lowest BCUT2D eigenvalue weighted by molar-refractivity contribution is -0.153. The summed E-state index contributed by atoms with van der Waals surface area (Å²) in [5, 5.41) is 4.56. The van der Waals surface area contributed by atoms with E-state index in [1.165, 1.54) is 0 Å². The Morgan fingerprint density at radius 1 is 1.00 bits per heavy atom. The third-order valence-corrected chi connectivity index (χ3v) is 6.78. The van der Waals surface area contributed by atoms with Gasteiger partial charge in [-0.15, -0.1) is 0 Å². The summed E-state index contributed by atoms with van der Waals surface area (Å²) in [4.78, 5) is 12.8. The van der Waals surface area contributed by atoms with Crippen LogP contribution in [-0.4, -0.2) is 29.8 Å². The van der Waals surface area contributed by atoms with Crippen LogP contribution in [0.25, 0.3) is 0 Å². The number of hydrogen-bond donors (Lipinski definition) is 0. The van der Waals surface area contributed by atoms with Gasteiger partial charge >= 0.3 is 5.97 Å². The van der Waals surface area contributed by atoms with Crippen molar-refractivity contribution in [2.75, 3.05) is 0 Å². The normalized spacial score (nSPS) is 12.0. The molecule has 7 heteroatoms. The first-order valence-electron chi connectivity index (χ1n) is 10.1. The van der Waals surface area contributed by atoms with Crippen LogP contribution in [0.1, 0.15) is 43.3 Å². The van der Waals surface area contributed by atoms with Crippen molar-refractivity contribution in [1.82, 2.24) is 9.78 Å². The predicted molar refractivity (Wildman–Crippen MR) is 119 cm³/mol. The van der Waals surface area contributed by atoms with Crippen LogP contribution < -0.4 is 0 Å². The van der Waals surface area contributed by atoms with E-state index in [0.717, 1.165) is 17.0 Å². The van der Waals surface area contributed by atoms with Gasteiger partial charge in [0.2, 0.25) is 9.84 Å². The largest absolute Gasteiger partial charge is 0.460 e. The summed E-state index contributed by atoms with van der Waals surface area (Å²) < 4.78 is 33.6. The molecule has 0 aliphatic rings. The number of esters is 1. The third kappa shape index (κ3) is 5.22. The molecule has 0 amide bonds. The predicted octanol–water partition coefficient (Wildman–Crippen LogP) is 4.27. The molecule has 0 aliphatic carbocycles. The Morgan fingerprint density at radius 3 is 2.26 bits per heavy atom. The maximum atomic E-state index is 13.2. The molecular formula is C24H28N2O4S. The van der Waals surface area contributed by atoms with Crippen molar-refractivity contribution >= 4 is 15.8 Å². The van der Waals surface area contributed by atoms with Crippen LogP contribution in [0.5, 0.6) is 0 Å². The summed E-state index contributed by atoms with van der Waals surface area (Å²) >= 11 is 0. The quantitative estimate of drug-likeness (QED) is 0.535. The fraction of sp³-hybridized carbons (Fsp3) is 0.333. The molecule has 0 radical (unpaired) electrons. The standard InChI is InChI=1S/C24H28N2O4S/c1-17-21(15-23(27)30-24(3,4)5)18(2)26(25-17)16-19-11-9-10-14-22(19)31(28,29)20-12-7-6-8-13-20/h6-14H,15-16H2,1-5H3. The van der Waals surface area contributed by atoms with Gasteiger partial charge in [-0.1, -0.05) is 36.4 Å². The van der Waals surface area contributed by atoms with Gasteiger partial charge in [-0.3, -0.25) is 9.48 Å². The van der Waals surface area contributed by atoms with Crippen molar-refractivity contribution in [3.63, 3.8) is 0 Å². The summed E-state index contributed by atoms with van der Waals surface area (Å²) in [6.45, 7) is 9.50. The minimum absolute atomic E-state index is 0.124. The first kappa shape index (κ1) is 22.7. The van der Waals surface area contributed by atoms with Gasteiger partial charge in [0.1, 0.15) is 5.60 Å². The first-order valence-corrected chi connectivity index (χ1v) is 11.6. The van der Waals surface area contributed by atoms with Crippen LogP contribution >= 0.6 is 0 Å². The fourth-order valence-electron chi connectivity index (χ4n) is 3.45. The molecular weight excluding hydrogens is 412 g/mol. The van der Waals surface area contributed by atoms with E-state index in [2.05, 4.69) is 5.10 Å². The lowest BCUT2D eigenvalue weighted by Gasteiger charge is -2.19. The number of benzene rings is 2. The minimum atomic E-state index is -3.66. The van der Waals surface area contributed by atoms with Gasteiger partial charge < -0.3 is 4.74 Å². The number of carbonyl (C=O) groups is 1. The van der Waals surface area contributed by atoms with Gasteiger partial charge in [0, 0.05) is 11.3 Å². The molecule has 0 saturated heterocycles. The Hall–Kier alpha value is -2.93. The second-order valence-electron chi connectivity index (χ2n) is 8.49. The Bertz CT molecular complexity index is 1190. The van der Waals surface area contributed by atoms with E-state index in [-0.39, 0.29) is 28.7 Å². The molecule has 6 nitrogen and oxygen atoms in total. The Kier molecular flexibility index (Phi) is 6.36. The van der Waals surface area contributed by atoms with Crippen LogP contribution in [0.3, 0.4) is 0 Å². The number of hydrogen-bond acceptors (Lipinski definition) is 5. The zero-order valence-electron chi connectivity index (χ0n) is 18.5. The smallest absolute Gasteiger partial charge is 0.310 e. The maximum Gasteiger partial charge on any atom is 0.310 e. The molecule has 164 valence electrons. The number of nitrogens with zero attached hydrogens (tertiary/aromatic N) is 2. The molecule has 1 aromatic heterocycles. The number of carbonyl (C=O) groups excluding carboxylic acids is 1. The van der Waals surface area contributed by atoms with E-state index in [9.17, 15) is 13.2 Å². The van der Waals surface area contributed by atoms with Crippen molar-refractivity contribution in [1.29, 1.82) is 0 Å². The molecule has 2 aromatic carbocycles. The molecule has 0 N–H and O–H groups in total. The van der Waals surface area contributed by atoms with Gasteiger partial charge in [0.25, 0.3) is 0 Å². The minimum Gasteiger partial charge on any atom is -0.460 e. The second kappa shape index (κ2) is 8.67. The van der Waals surface area contributed by atoms with Crippen molar-refractivity contribution in [2.24, 2.45) is 0 Å². The topological polar surface area (TPSA) is 78.3 Å². The van der Waals surface area contributed by atoms with E-state index in [4.69, 9.17) is 4.74 Å². The van der Waals surface area contributed by atoms with Gasteiger partial charge in [0.15, 0.2) is 0 Å². The fourth-order valence-corrected chi connectivity index (χ4v) is 4.96. The molecule has 0 saturated carbocycles. The van der Waals surface area contributed by atoms with E-state index in [1.54, 1.807) is 53.2 Å². The lowest BCUT2D eigenvalue weighted by Crippen LogP contribution is -2.25. The Morgan fingerprint density at radius 2 is 1.61 bits per heavy atom. The van der Waals surface area contributed by atoms with Crippen molar-refractivity contribution < 1.29 is 17.9 Å². The highest BCUT2D eigenvalue weighted by molar-refractivity contribution is 7.91. The SMILES string of the molecule is Cc1nn(Cc2ccccc2S(=O)(=O)c2ccccc2)c(C)c1CC(=O)OC(C)(C)C. The Balaban J connectivity index is 1.92. The van der Waals surface area contributed by atoms with E-state index >= 15 is 0 Å². The molecule has 0 spiro atoms. The average Bonchev–Trinajstić information content (AvgIpc) is 2.95. The number of aryl methyl sites for hydroxylation is 1. The van der Waals surface area contributed by atoms with Crippen LogP contribution in [0.2, 0.25) is 0 Å². The molecule has 0 unspecified atom stereocenters. The first-order chi connectivity index (χ1) is 14.5. The second-order valence-corrected chi connectivity index (χ2v) is 10.4. The van der Waals surface area contributed by atoms with E-state index in [0.29, 0.717) is 5.56 Å². The van der Waals surface area contributed by atoms with Crippen LogP contribution in [0, 0.1) is 13.8 Å². The summed E-state index contributed by atoms with van der Waals surface area (Å²) in [7, 11) is -3.66. The maximum absolute atomic E-state index is 13.2. The number of ether oxygens (including phenoxy) is 1. The molecule has 0 atom stereocenters. The molecule has 0 aliphatic heterocycles. The molecule has 0 bridgehead atoms. The number of rotatable bonds is 6. The van der Waals surface area contributed by atoms with Crippen LogP contribution in [0.15, 0.2) is 64.4 Å². The molecule has 3 aromatic rings. The van der Waals surface area contributed by atoms with Gasteiger partial charge in [-0.2, -0.15) is 5.10 Å². The van der Waals surface area contributed by atoms with Crippen molar-refractivity contribution in [2.45, 2.75) is 63.0 Å². The zero-order chi connectivity index (χ0) is 22.8. The van der Waals surface area contributed by atoms with Gasteiger partial charge in [0.05, 0.1) is 28.5 Å². The molecule has 3 rings (SSSR count). The highest BCUT2D eigenvalue weighted by Crippen LogP contribution is 2.26. The van der Waals surface area contributed by atoms with Crippen molar-refractivity contribution in [3.8, 4) is 0 Å². The van der Waals surface area contributed by atoms with Gasteiger partial charge in [-0.25, -0.2) is 8.42 Å². The van der Waals surface area contributed by atoms with Crippen LogP contribution in [0.4, 0.5) is 0 Å². The Labute approximate surface area is 183 Å². The van der Waals surface area contributed by atoms with Gasteiger partial charge in [-0.05, 0) is 58.4 Å². The summed E-state index contributed by atoms with van der Waals surface area (Å²) in [5.41, 5.74) is 2.43. The zero-order valence-corrected chi connectivity index (χ0v) is 19.4. The highest BCUT2D eigenvalue weighted by Gasteiger charge is 2.23. The highest BCUT2D eigenvalue weighted by atomic mass is 32.2. The third-order valence-electron chi connectivity index (χ3n) is 4.91. The summed E-state index contributed by atoms with van der Waals surface area (Å²) in [6, 6.07) is 15.3. The monoisotopic (exact) mass is 440 g/mol. The number of aromatic nitrogens is 2. The summed E-state index contributed by atoms with van der Waals surface area (Å²) in [5.74, 6) is -0.315. The van der Waals surface area contributed by atoms with E-state index in [1.807, 2.05) is 40.7 Å². The summed E-state index contributed by atoms with van der Waals surface area (Å²) in [6.07, 6.45) is 0.124. The molecule has 31 heavy (non-hydrogen) atoms.